The third-order valence-electron chi connectivity index (χ3n) is 2.75. The van der Waals surface area contributed by atoms with Gasteiger partial charge in [-0.1, -0.05) is 0 Å². The Kier molecular flexibility index (Phi) is 3.61. The van der Waals surface area contributed by atoms with E-state index >= 15 is 0 Å². The first-order valence-electron chi connectivity index (χ1n) is 5.45. The van der Waals surface area contributed by atoms with Gasteiger partial charge in [-0.15, -0.1) is 0 Å². The van der Waals surface area contributed by atoms with E-state index in [-0.39, 0.29) is 16.5 Å². The van der Waals surface area contributed by atoms with Crippen LogP contribution in [0.4, 0.5) is 4.39 Å². The van der Waals surface area contributed by atoms with Gasteiger partial charge in [0.1, 0.15) is 11.9 Å². The van der Waals surface area contributed by atoms with Crippen molar-refractivity contribution in [2.24, 2.45) is 0 Å². The Morgan fingerprint density at radius 2 is 2.28 bits per heavy atom. The third kappa shape index (κ3) is 2.67. The van der Waals surface area contributed by atoms with Crippen LogP contribution in [0.3, 0.4) is 0 Å². The first-order chi connectivity index (χ1) is 8.53. The molecule has 1 aromatic carbocycles. The van der Waals surface area contributed by atoms with E-state index in [1.807, 2.05) is 0 Å². The summed E-state index contributed by atoms with van der Waals surface area (Å²) in [5.41, 5.74) is -0.276. The summed E-state index contributed by atoms with van der Waals surface area (Å²) in [6.45, 7) is 1.34. The standard InChI is InChI=1S/C11H12FN3O2S/c12-11-2-1-10(5-8(11)6-13)18(16,17)15-9-3-4-14-7-9/h1-2,5,9,14-15H,3-4,7H2/t9-/m1/s1. The van der Waals surface area contributed by atoms with Crippen molar-refractivity contribution < 1.29 is 12.8 Å². The molecule has 0 aliphatic carbocycles. The van der Waals surface area contributed by atoms with E-state index in [0.717, 1.165) is 24.7 Å². The zero-order valence-corrected chi connectivity index (χ0v) is 10.3. The maximum absolute atomic E-state index is 13.1. The molecule has 0 aromatic heterocycles. The maximum atomic E-state index is 13.1. The molecule has 2 rings (SSSR count). The van der Waals surface area contributed by atoms with E-state index in [1.165, 1.54) is 0 Å². The topological polar surface area (TPSA) is 82.0 Å². The average molecular weight is 269 g/mol. The van der Waals surface area contributed by atoms with Gasteiger partial charge >= 0.3 is 0 Å². The minimum atomic E-state index is -3.70. The molecule has 1 fully saturated rings. The molecular weight excluding hydrogens is 257 g/mol. The SMILES string of the molecule is N#Cc1cc(S(=O)(=O)N[C@@H]2CCNC2)ccc1F. The van der Waals surface area contributed by atoms with Crippen LogP contribution < -0.4 is 10.0 Å². The number of halogens is 1. The van der Waals surface area contributed by atoms with Crippen LogP contribution in [-0.2, 0) is 10.0 Å². The van der Waals surface area contributed by atoms with E-state index in [4.69, 9.17) is 5.26 Å². The molecule has 0 saturated carbocycles. The van der Waals surface area contributed by atoms with Crippen molar-refractivity contribution in [2.75, 3.05) is 13.1 Å². The van der Waals surface area contributed by atoms with Crippen LogP contribution in [-0.4, -0.2) is 27.5 Å². The zero-order valence-electron chi connectivity index (χ0n) is 9.48. The van der Waals surface area contributed by atoms with Crippen LogP contribution in [0.25, 0.3) is 0 Å². The Labute approximate surface area is 105 Å². The molecule has 5 nitrogen and oxygen atoms in total. The van der Waals surface area contributed by atoms with Gasteiger partial charge in [-0.25, -0.2) is 17.5 Å². The summed E-state index contributed by atoms with van der Waals surface area (Å²) in [4.78, 5) is -0.0904. The van der Waals surface area contributed by atoms with Crippen LogP contribution in [0.1, 0.15) is 12.0 Å². The van der Waals surface area contributed by atoms with Crippen molar-refractivity contribution in [3.63, 3.8) is 0 Å². The summed E-state index contributed by atoms with van der Waals surface area (Å²) in [6.07, 6.45) is 0.714. The van der Waals surface area contributed by atoms with E-state index in [9.17, 15) is 12.8 Å². The Bertz CT molecular complexity index is 589. The summed E-state index contributed by atoms with van der Waals surface area (Å²) in [5, 5.41) is 11.7. The Morgan fingerprint density at radius 3 is 2.89 bits per heavy atom. The molecule has 1 aromatic rings. The fourth-order valence-electron chi connectivity index (χ4n) is 1.80. The van der Waals surface area contributed by atoms with Gasteiger partial charge in [0.15, 0.2) is 0 Å². The Balaban J connectivity index is 2.27. The highest BCUT2D eigenvalue weighted by molar-refractivity contribution is 7.89. The summed E-state index contributed by atoms with van der Waals surface area (Å²) in [6, 6.07) is 4.64. The van der Waals surface area contributed by atoms with Crippen molar-refractivity contribution >= 4 is 10.0 Å². The zero-order chi connectivity index (χ0) is 13.2. The number of benzene rings is 1. The van der Waals surface area contributed by atoms with Crippen LogP contribution in [0.2, 0.25) is 0 Å². The number of rotatable bonds is 3. The lowest BCUT2D eigenvalue weighted by Crippen LogP contribution is -2.36. The van der Waals surface area contributed by atoms with Gasteiger partial charge in [0.25, 0.3) is 0 Å². The molecule has 7 heteroatoms. The number of hydrogen-bond acceptors (Lipinski definition) is 4. The minimum Gasteiger partial charge on any atom is -0.315 e. The fraction of sp³-hybridized carbons (Fsp3) is 0.364. The highest BCUT2D eigenvalue weighted by atomic mass is 32.2. The molecule has 1 aliphatic heterocycles. The monoisotopic (exact) mass is 269 g/mol. The summed E-state index contributed by atoms with van der Waals surface area (Å²) < 4.78 is 39.6. The van der Waals surface area contributed by atoms with Crippen LogP contribution in [0.5, 0.6) is 0 Å². The number of nitriles is 1. The van der Waals surface area contributed by atoms with Gasteiger partial charge in [-0.3, -0.25) is 0 Å². The minimum absolute atomic E-state index is 0.0904. The molecule has 0 radical (unpaired) electrons. The summed E-state index contributed by atoms with van der Waals surface area (Å²) >= 11 is 0. The lowest BCUT2D eigenvalue weighted by atomic mass is 10.2. The van der Waals surface area contributed by atoms with E-state index in [0.29, 0.717) is 13.0 Å². The molecule has 1 saturated heterocycles. The van der Waals surface area contributed by atoms with E-state index in [1.54, 1.807) is 6.07 Å². The van der Waals surface area contributed by atoms with E-state index < -0.39 is 15.8 Å². The number of sulfonamides is 1. The lowest BCUT2D eigenvalue weighted by molar-refractivity contribution is 0.559. The normalized spacial score (nSPS) is 19.7. The first kappa shape index (κ1) is 13.0. The summed E-state index contributed by atoms with van der Waals surface area (Å²) in [5.74, 6) is -0.723. The highest BCUT2D eigenvalue weighted by Crippen LogP contribution is 2.15. The number of nitrogens with one attached hydrogen (secondary N) is 2. The van der Waals surface area contributed by atoms with Crippen molar-refractivity contribution in [3.05, 3.63) is 29.6 Å². The molecule has 1 aliphatic rings. The molecule has 1 heterocycles. The van der Waals surface area contributed by atoms with Gasteiger partial charge in [-0.2, -0.15) is 5.26 Å². The molecule has 0 unspecified atom stereocenters. The van der Waals surface area contributed by atoms with Gasteiger partial charge in [-0.05, 0) is 31.2 Å². The second kappa shape index (κ2) is 5.02. The van der Waals surface area contributed by atoms with Gasteiger partial charge < -0.3 is 5.32 Å². The predicted octanol–water partition coefficient (Wildman–Crippen LogP) is 0.338. The van der Waals surface area contributed by atoms with Gasteiger partial charge in [0, 0.05) is 12.6 Å². The second-order valence-electron chi connectivity index (χ2n) is 4.06. The largest absolute Gasteiger partial charge is 0.315 e. The molecule has 2 N–H and O–H groups in total. The maximum Gasteiger partial charge on any atom is 0.240 e. The molecule has 0 bridgehead atoms. The molecule has 96 valence electrons. The lowest BCUT2D eigenvalue weighted by Gasteiger charge is -2.12. The second-order valence-corrected chi connectivity index (χ2v) is 5.78. The number of nitrogens with zero attached hydrogens (tertiary/aromatic N) is 1. The van der Waals surface area contributed by atoms with Crippen molar-refractivity contribution in [1.29, 1.82) is 5.26 Å². The van der Waals surface area contributed by atoms with Crippen molar-refractivity contribution in [1.82, 2.24) is 10.0 Å². The Hall–Kier alpha value is -1.49. The highest BCUT2D eigenvalue weighted by Gasteiger charge is 2.23. The number of hydrogen-bond donors (Lipinski definition) is 2. The molecule has 1 atom stereocenters. The summed E-state index contributed by atoms with van der Waals surface area (Å²) in [7, 11) is -3.70. The smallest absolute Gasteiger partial charge is 0.240 e. The fourth-order valence-corrected chi connectivity index (χ4v) is 3.10. The van der Waals surface area contributed by atoms with Crippen molar-refractivity contribution in [3.8, 4) is 6.07 Å². The molecular formula is C11H12FN3O2S. The Morgan fingerprint density at radius 1 is 1.50 bits per heavy atom. The van der Waals surface area contributed by atoms with Crippen LogP contribution in [0.15, 0.2) is 23.1 Å². The molecule has 18 heavy (non-hydrogen) atoms. The van der Waals surface area contributed by atoms with Gasteiger partial charge in [0.2, 0.25) is 10.0 Å². The van der Waals surface area contributed by atoms with Crippen molar-refractivity contribution in [2.45, 2.75) is 17.4 Å². The first-order valence-corrected chi connectivity index (χ1v) is 6.94. The molecule has 0 spiro atoms. The van der Waals surface area contributed by atoms with Gasteiger partial charge in [0.05, 0.1) is 10.5 Å². The predicted molar refractivity (Wildman–Crippen MR) is 62.7 cm³/mol. The quantitative estimate of drug-likeness (QED) is 0.829. The third-order valence-corrected chi connectivity index (χ3v) is 4.27. The van der Waals surface area contributed by atoms with Crippen LogP contribution in [0, 0.1) is 17.1 Å². The molecule has 0 amide bonds. The average Bonchev–Trinajstić information content (AvgIpc) is 2.81. The van der Waals surface area contributed by atoms with Crippen LogP contribution >= 0.6 is 0 Å². The van der Waals surface area contributed by atoms with E-state index in [2.05, 4.69) is 10.0 Å².